The minimum atomic E-state index is -0.212. The average Bonchev–Trinajstić information content (AvgIpc) is 2.63. The third kappa shape index (κ3) is 1.68. The van der Waals surface area contributed by atoms with Crippen molar-refractivity contribution >= 4 is 40.3 Å². The summed E-state index contributed by atoms with van der Waals surface area (Å²) < 4.78 is 1.38. The Hall–Kier alpha value is -1.58. The topological polar surface area (TPSA) is 71.6 Å². The van der Waals surface area contributed by atoms with E-state index in [0.29, 0.717) is 21.6 Å². The van der Waals surface area contributed by atoms with Gasteiger partial charge in [0.05, 0.1) is 10.9 Å². The van der Waals surface area contributed by atoms with E-state index >= 15 is 0 Å². The van der Waals surface area contributed by atoms with Crippen molar-refractivity contribution in [3.05, 3.63) is 17.0 Å². The summed E-state index contributed by atoms with van der Waals surface area (Å²) in [5, 5.41) is 10.3. The first-order valence-electron chi connectivity index (χ1n) is 4.61. The van der Waals surface area contributed by atoms with Crippen LogP contribution in [-0.2, 0) is 0 Å². The molecule has 0 spiro atoms. The Morgan fingerprint density at radius 3 is 2.82 bits per heavy atom. The van der Waals surface area contributed by atoms with E-state index in [-0.39, 0.29) is 11.1 Å². The number of aromatic nitrogens is 3. The summed E-state index contributed by atoms with van der Waals surface area (Å²) in [4.78, 5) is 19.5. The van der Waals surface area contributed by atoms with Crippen molar-refractivity contribution in [2.75, 3.05) is 6.26 Å². The van der Waals surface area contributed by atoms with Gasteiger partial charge >= 0.3 is 0 Å². The number of fused-ring (bicyclic) bond motifs is 1. The van der Waals surface area contributed by atoms with E-state index in [4.69, 9.17) is 16.9 Å². The normalized spacial score (nSPS) is 10.5. The molecule has 0 N–H and O–H groups in total. The molecule has 0 saturated carbocycles. The lowest BCUT2D eigenvalue weighted by Crippen LogP contribution is -2.07. The maximum Gasteiger partial charge on any atom is 0.230 e. The molecule has 0 unspecified atom stereocenters. The number of carbonyl (C=O) groups is 1. The van der Waals surface area contributed by atoms with Gasteiger partial charge in [-0.3, -0.25) is 9.36 Å². The molecular weight excluding hydrogens is 260 g/mol. The van der Waals surface area contributed by atoms with E-state index in [1.165, 1.54) is 29.6 Å². The van der Waals surface area contributed by atoms with E-state index in [1.54, 1.807) is 6.26 Å². The molecule has 7 heteroatoms. The van der Waals surface area contributed by atoms with Crippen LogP contribution in [0.4, 0.5) is 0 Å². The van der Waals surface area contributed by atoms with Crippen LogP contribution >= 0.6 is 23.4 Å². The molecule has 0 amide bonds. The number of carbonyl (C=O) groups excluding carboxylic acids is 1. The predicted molar refractivity (Wildman–Crippen MR) is 65.3 cm³/mol. The molecule has 0 aliphatic heterocycles. The van der Waals surface area contributed by atoms with Gasteiger partial charge in [-0.2, -0.15) is 5.26 Å². The van der Waals surface area contributed by atoms with Crippen LogP contribution in [0.5, 0.6) is 0 Å². The zero-order valence-electron chi connectivity index (χ0n) is 9.06. The van der Waals surface area contributed by atoms with Crippen LogP contribution < -0.4 is 0 Å². The summed E-state index contributed by atoms with van der Waals surface area (Å²) >= 11 is 7.25. The Labute approximate surface area is 106 Å². The smallest absolute Gasteiger partial charge is 0.230 e. The maximum absolute atomic E-state index is 11.6. The van der Waals surface area contributed by atoms with Crippen molar-refractivity contribution in [1.29, 1.82) is 5.26 Å². The Kier molecular flexibility index (Phi) is 3.05. The first-order chi connectivity index (χ1) is 8.11. The molecule has 5 nitrogen and oxygen atoms in total. The molecule has 2 aromatic heterocycles. The van der Waals surface area contributed by atoms with Gasteiger partial charge in [0, 0.05) is 6.92 Å². The Morgan fingerprint density at radius 2 is 2.29 bits per heavy atom. The molecule has 17 heavy (non-hydrogen) atoms. The lowest BCUT2D eigenvalue weighted by Gasteiger charge is -2.02. The van der Waals surface area contributed by atoms with Crippen LogP contribution in [0.25, 0.3) is 11.0 Å². The predicted octanol–water partition coefficient (Wildman–Crippen LogP) is 2.34. The highest BCUT2D eigenvalue weighted by Gasteiger charge is 2.22. The van der Waals surface area contributed by atoms with Crippen molar-refractivity contribution < 1.29 is 4.79 Å². The maximum atomic E-state index is 11.6. The number of rotatable bonds is 1. The molecule has 0 aromatic carbocycles. The van der Waals surface area contributed by atoms with Crippen molar-refractivity contribution in [3.63, 3.8) is 0 Å². The number of nitriles is 1. The van der Waals surface area contributed by atoms with Gasteiger partial charge in [-0.1, -0.05) is 11.6 Å². The van der Waals surface area contributed by atoms with E-state index in [2.05, 4.69) is 9.97 Å². The second-order valence-electron chi connectivity index (χ2n) is 3.21. The molecule has 0 saturated heterocycles. The van der Waals surface area contributed by atoms with Crippen LogP contribution in [0.2, 0.25) is 5.15 Å². The fourth-order valence-electron chi connectivity index (χ4n) is 1.64. The number of thioether (sulfide) groups is 1. The minimum absolute atomic E-state index is 0.182. The monoisotopic (exact) mass is 266 g/mol. The van der Waals surface area contributed by atoms with E-state index in [1.807, 2.05) is 6.07 Å². The van der Waals surface area contributed by atoms with E-state index in [9.17, 15) is 4.79 Å². The standard InChI is InChI=1S/C10H7ClN4OS/c1-5(16)15-9-7(8(11)13-4-14-9)6(3-12)10(15)17-2/h4H,1-2H3. The molecule has 2 aromatic rings. The summed E-state index contributed by atoms with van der Waals surface area (Å²) in [6.07, 6.45) is 3.06. The summed E-state index contributed by atoms with van der Waals surface area (Å²) in [6, 6.07) is 2.05. The highest BCUT2D eigenvalue weighted by Crippen LogP contribution is 2.33. The van der Waals surface area contributed by atoms with Gasteiger partial charge in [0.25, 0.3) is 0 Å². The van der Waals surface area contributed by atoms with Crippen LogP contribution in [0.3, 0.4) is 0 Å². The van der Waals surface area contributed by atoms with Crippen molar-refractivity contribution in [1.82, 2.24) is 14.5 Å². The van der Waals surface area contributed by atoms with Crippen LogP contribution in [0.15, 0.2) is 11.4 Å². The third-order valence-corrected chi connectivity index (χ3v) is 3.34. The van der Waals surface area contributed by atoms with Crippen LogP contribution in [0.1, 0.15) is 17.3 Å². The zero-order chi connectivity index (χ0) is 12.6. The van der Waals surface area contributed by atoms with Gasteiger partial charge in [0.2, 0.25) is 5.91 Å². The number of hydrogen-bond donors (Lipinski definition) is 0. The van der Waals surface area contributed by atoms with E-state index in [0.717, 1.165) is 0 Å². The fraction of sp³-hybridized carbons (Fsp3) is 0.200. The first-order valence-corrected chi connectivity index (χ1v) is 6.22. The number of hydrogen-bond acceptors (Lipinski definition) is 5. The van der Waals surface area contributed by atoms with Gasteiger partial charge in [0.1, 0.15) is 22.6 Å². The minimum Gasteiger partial charge on any atom is -0.274 e. The SMILES string of the molecule is CSc1c(C#N)c2c(Cl)ncnc2n1C(C)=O. The van der Waals surface area contributed by atoms with Gasteiger partial charge in [-0.05, 0) is 6.26 Å². The summed E-state index contributed by atoms with van der Waals surface area (Å²) in [5.41, 5.74) is 0.715. The Balaban J connectivity index is 3.04. The quantitative estimate of drug-likeness (QED) is 0.585. The molecule has 0 radical (unpaired) electrons. The van der Waals surface area contributed by atoms with Crippen molar-refractivity contribution in [2.45, 2.75) is 11.9 Å². The largest absolute Gasteiger partial charge is 0.274 e. The highest BCUT2D eigenvalue weighted by atomic mass is 35.5. The highest BCUT2D eigenvalue weighted by molar-refractivity contribution is 7.98. The van der Waals surface area contributed by atoms with Gasteiger partial charge in [-0.15, -0.1) is 11.8 Å². The molecule has 2 heterocycles. The molecule has 86 valence electrons. The first kappa shape index (κ1) is 11.9. The Bertz CT molecular complexity index is 658. The number of nitrogens with zero attached hydrogens (tertiary/aromatic N) is 4. The molecule has 2 rings (SSSR count). The fourth-order valence-corrected chi connectivity index (χ4v) is 2.62. The molecule has 0 aliphatic rings. The van der Waals surface area contributed by atoms with Gasteiger partial charge in [-0.25, -0.2) is 9.97 Å². The van der Waals surface area contributed by atoms with Crippen molar-refractivity contribution in [3.8, 4) is 6.07 Å². The van der Waals surface area contributed by atoms with Crippen LogP contribution in [0, 0.1) is 11.3 Å². The lowest BCUT2D eigenvalue weighted by molar-refractivity contribution is 0.0932. The summed E-state index contributed by atoms with van der Waals surface area (Å²) in [5.74, 6) is -0.212. The van der Waals surface area contributed by atoms with Gasteiger partial charge in [0.15, 0.2) is 5.65 Å². The van der Waals surface area contributed by atoms with Crippen molar-refractivity contribution in [2.24, 2.45) is 0 Å². The second kappa shape index (κ2) is 4.35. The average molecular weight is 267 g/mol. The lowest BCUT2D eigenvalue weighted by atomic mass is 10.3. The molecule has 0 fully saturated rings. The molecule has 0 aliphatic carbocycles. The molecule has 0 bridgehead atoms. The number of halogens is 1. The van der Waals surface area contributed by atoms with Crippen LogP contribution in [-0.4, -0.2) is 26.7 Å². The Morgan fingerprint density at radius 1 is 1.59 bits per heavy atom. The summed E-state index contributed by atoms with van der Waals surface area (Å²) in [7, 11) is 0. The van der Waals surface area contributed by atoms with Gasteiger partial charge < -0.3 is 0 Å². The van der Waals surface area contributed by atoms with E-state index < -0.39 is 0 Å². The molecule has 0 atom stereocenters. The zero-order valence-corrected chi connectivity index (χ0v) is 10.6. The summed E-state index contributed by atoms with van der Waals surface area (Å²) in [6.45, 7) is 1.41. The molecular formula is C10H7ClN4OS. The second-order valence-corrected chi connectivity index (χ2v) is 4.37. The third-order valence-electron chi connectivity index (χ3n) is 2.28.